The molecule has 0 radical (unpaired) electrons. The number of benzene rings is 1. The van der Waals surface area contributed by atoms with Crippen molar-refractivity contribution in [1.82, 2.24) is 9.78 Å². The molecular formula is C15H19N3O4S. The van der Waals surface area contributed by atoms with Crippen LogP contribution in [0.2, 0.25) is 0 Å². The summed E-state index contributed by atoms with van der Waals surface area (Å²) in [6.45, 7) is 3.27. The summed E-state index contributed by atoms with van der Waals surface area (Å²) in [5.41, 5.74) is 0.502. The Morgan fingerprint density at radius 1 is 1.39 bits per heavy atom. The van der Waals surface area contributed by atoms with Crippen molar-refractivity contribution in [2.45, 2.75) is 24.3 Å². The van der Waals surface area contributed by atoms with E-state index in [0.717, 1.165) is 6.42 Å². The average Bonchev–Trinajstić information content (AvgIpc) is 3.21. The van der Waals surface area contributed by atoms with Crippen LogP contribution >= 0.6 is 0 Å². The largest absolute Gasteiger partial charge is 0.508 e. The summed E-state index contributed by atoms with van der Waals surface area (Å²) >= 11 is 0. The topological polar surface area (TPSA) is 84.7 Å². The Bertz CT molecular complexity index is 764. The standard InChI is InChI=1S/C15H19N3O4S/c1-2-18(12-3-5-14(19)6-4-12)23(20,21)15-9-16-17(10-15)13-7-8-22-11-13/h3-6,9-10,13,19H,2,7-8,11H2,1H3. The number of rotatable bonds is 5. The highest BCUT2D eigenvalue weighted by Crippen LogP contribution is 2.26. The molecular weight excluding hydrogens is 318 g/mol. The van der Waals surface area contributed by atoms with Gasteiger partial charge in [0.15, 0.2) is 0 Å². The summed E-state index contributed by atoms with van der Waals surface area (Å²) in [6, 6.07) is 6.17. The van der Waals surface area contributed by atoms with E-state index in [4.69, 9.17) is 4.74 Å². The van der Waals surface area contributed by atoms with E-state index in [2.05, 4.69) is 5.10 Å². The second-order valence-electron chi connectivity index (χ2n) is 5.36. The quantitative estimate of drug-likeness (QED) is 0.899. The third-order valence-electron chi connectivity index (χ3n) is 3.87. The van der Waals surface area contributed by atoms with Gasteiger partial charge in [-0.3, -0.25) is 8.99 Å². The van der Waals surface area contributed by atoms with Gasteiger partial charge in [0, 0.05) is 19.3 Å². The van der Waals surface area contributed by atoms with Crippen molar-refractivity contribution in [2.24, 2.45) is 0 Å². The van der Waals surface area contributed by atoms with Crippen LogP contribution in [0.5, 0.6) is 5.75 Å². The number of aromatic hydroxyl groups is 1. The maximum absolute atomic E-state index is 12.9. The number of sulfonamides is 1. The van der Waals surface area contributed by atoms with Crippen LogP contribution < -0.4 is 4.31 Å². The van der Waals surface area contributed by atoms with Gasteiger partial charge in [0.05, 0.1) is 24.5 Å². The second-order valence-corrected chi connectivity index (χ2v) is 7.22. The predicted molar refractivity (Wildman–Crippen MR) is 85.0 cm³/mol. The molecule has 0 aliphatic carbocycles. The Balaban J connectivity index is 1.91. The summed E-state index contributed by atoms with van der Waals surface area (Å²) < 4.78 is 34.0. The third-order valence-corrected chi connectivity index (χ3v) is 5.73. The molecule has 0 bridgehead atoms. The van der Waals surface area contributed by atoms with Crippen LogP contribution in [-0.2, 0) is 14.8 Å². The van der Waals surface area contributed by atoms with Crippen molar-refractivity contribution in [3.63, 3.8) is 0 Å². The van der Waals surface area contributed by atoms with Gasteiger partial charge in [-0.15, -0.1) is 0 Å². The number of phenolic OH excluding ortho intramolecular Hbond substituents is 1. The van der Waals surface area contributed by atoms with Gasteiger partial charge in [0.25, 0.3) is 10.0 Å². The van der Waals surface area contributed by atoms with Gasteiger partial charge in [-0.2, -0.15) is 5.10 Å². The Hall–Kier alpha value is -2.06. The van der Waals surface area contributed by atoms with E-state index in [0.29, 0.717) is 18.9 Å². The lowest BCUT2D eigenvalue weighted by Crippen LogP contribution is -2.30. The molecule has 124 valence electrons. The lowest BCUT2D eigenvalue weighted by atomic mass is 10.3. The van der Waals surface area contributed by atoms with E-state index in [1.165, 1.54) is 22.6 Å². The molecule has 2 aromatic rings. The Labute approximate surface area is 135 Å². The van der Waals surface area contributed by atoms with Gasteiger partial charge in [-0.05, 0) is 37.6 Å². The first-order chi connectivity index (χ1) is 11.0. The Kier molecular flexibility index (Phi) is 4.27. The first-order valence-corrected chi connectivity index (χ1v) is 8.90. The van der Waals surface area contributed by atoms with Gasteiger partial charge in [-0.1, -0.05) is 0 Å². The number of hydrogen-bond donors (Lipinski definition) is 1. The maximum atomic E-state index is 12.9. The van der Waals surface area contributed by atoms with Crippen molar-refractivity contribution in [3.8, 4) is 5.75 Å². The molecule has 7 nitrogen and oxygen atoms in total. The summed E-state index contributed by atoms with van der Waals surface area (Å²) in [5.74, 6) is 0.0938. The molecule has 1 aliphatic rings. The van der Waals surface area contributed by atoms with Crippen molar-refractivity contribution in [3.05, 3.63) is 36.7 Å². The molecule has 0 spiro atoms. The van der Waals surface area contributed by atoms with Crippen LogP contribution in [0.3, 0.4) is 0 Å². The molecule has 1 atom stereocenters. The number of aromatic nitrogens is 2. The molecule has 0 amide bonds. The van der Waals surface area contributed by atoms with Crippen LogP contribution in [0.4, 0.5) is 5.69 Å². The molecule has 1 aromatic heterocycles. The first kappa shape index (κ1) is 15.8. The normalized spacial score (nSPS) is 18.2. The molecule has 1 aliphatic heterocycles. The predicted octanol–water partition coefficient (Wildman–Crippen LogP) is 1.77. The maximum Gasteiger partial charge on any atom is 0.267 e. The fourth-order valence-electron chi connectivity index (χ4n) is 2.62. The highest BCUT2D eigenvalue weighted by atomic mass is 32.2. The summed E-state index contributed by atoms with van der Waals surface area (Å²) in [7, 11) is -3.70. The third kappa shape index (κ3) is 3.04. The van der Waals surface area contributed by atoms with E-state index in [1.54, 1.807) is 29.9 Å². The number of anilines is 1. The van der Waals surface area contributed by atoms with Gasteiger partial charge >= 0.3 is 0 Å². The minimum absolute atomic E-state index is 0.0858. The van der Waals surface area contributed by atoms with E-state index >= 15 is 0 Å². The lowest BCUT2D eigenvalue weighted by Gasteiger charge is -2.22. The summed E-state index contributed by atoms with van der Waals surface area (Å²) in [5, 5.41) is 13.5. The van der Waals surface area contributed by atoms with E-state index in [9.17, 15) is 13.5 Å². The van der Waals surface area contributed by atoms with Gasteiger partial charge < -0.3 is 9.84 Å². The molecule has 1 fully saturated rings. The van der Waals surface area contributed by atoms with Crippen LogP contribution in [0.15, 0.2) is 41.6 Å². The van der Waals surface area contributed by atoms with E-state index in [1.807, 2.05) is 0 Å². The molecule has 1 aromatic carbocycles. The molecule has 23 heavy (non-hydrogen) atoms. The Morgan fingerprint density at radius 2 is 2.13 bits per heavy atom. The molecule has 0 saturated carbocycles. The van der Waals surface area contributed by atoms with E-state index in [-0.39, 0.29) is 23.2 Å². The summed E-state index contributed by atoms with van der Waals surface area (Å²) in [4.78, 5) is 0.152. The van der Waals surface area contributed by atoms with E-state index < -0.39 is 10.0 Å². The highest BCUT2D eigenvalue weighted by Gasteiger charge is 2.27. The average molecular weight is 337 g/mol. The molecule has 2 heterocycles. The monoisotopic (exact) mass is 337 g/mol. The van der Waals surface area contributed by atoms with Crippen LogP contribution in [0.25, 0.3) is 0 Å². The SMILES string of the molecule is CCN(c1ccc(O)cc1)S(=O)(=O)c1cnn(C2CCOC2)c1. The molecule has 3 rings (SSSR count). The van der Waals surface area contributed by atoms with Crippen molar-refractivity contribution in [2.75, 3.05) is 24.1 Å². The number of nitrogens with zero attached hydrogens (tertiary/aromatic N) is 3. The van der Waals surface area contributed by atoms with Gasteiger partial charge in [0.1, 0.15) is 10.6 Å². The lowest BCUT2D eigenvalue weighted by molar-refractivity contribution is 0.184. The smallest absolute Gasteiger partial charge is 0.267 e. The highest BCUT2D eigenvalue weighted by molar-refractivity contribution is 7.92. The zero-order valence-electron chi connectivity index (χ0n) is 12.8. The van der Waals surface area contributed by atoms with Gasteiger partial charge in [-0.25, -0.2) is 8.42 Å². The molecule has 1 unspecified atom stereocenters. The Morgan fingerprint density at radius 3 is 2.74 bits per heavy atom. The van der Waals surface area contributed by atoms with Crippen LogP contribution in [-0.4, -0.2) is 43.1 Å². The minimum atomic E-state index is -3.70. The fraction of sp³-hybridized carbons (Fsp3) is 0.400. The first-order valence-electron chi connectivity index (χ1n) is 7.46. The summed E-state index contributed by atoms with van der Waals surface area (Å²) in [6.07, 6.45) is 3.76. The molecule has 1 saturated heterocycles. The second kappa shape index (κ2) is 6.21. The van der Waals surface area contributed by atoms with Crippen molar-refractivity contribution < 1.29 is 18.3 Å². The van der Waals surface area contributed by atoms with Crippen LogP contribution in [0, 0.1) is 0 Å². The molecule has 1 N–H and O–H groups in total. The van der Waals surface area contributed by atoms with Crippen molar-refractivity contribution >= 4 is 15.7 Å². The zero-order valence-corrected chi connectivity index (χ0v) is 13.6. The van der Waals surface area contributed by atoms with Gasteiger partial charge in [0.2, 0.25) is 0 Å². The number of phenols is 1. The zero-order chi connectivity index (χ0) is 16.4. The minimum Gasteiger partial charge on any atom is -0.508 e. The number of hydrogen-bond acceptors (Lipinski definition) is 5. The van der Waals surface area contributed by atoms with Crippen LogP contribution in [0.1, 0.15) is 19.4 Å². The van der Waals surface area contributed by atoms with Crippen molar-refractivity contribution in [1.29, 1.82) is 0 Å². The molecule has 8 heteroatoms. The fourth-order valence-corrected chi connectivity index (χ4v) is 4.04. The number of ether oxygens (including phenoxy) is 1.